The topological polar surface area (TPSA) is 12.0 Å². The fraction of sp³-hybridized carbons (Fsp3) is 0. The van der Waals surface area contributed by atoms with Crippen molar-refractivity contribution in [3.05, 3.63) is 59.7 Å². The maximum absolute atomic E-state index is 13.2. The van der Waals surface area contributed by atoms with Crippen LogP contribution in [0.15, 0.2) is 36.4 Å². The molecule has 0 bridgehead atoms. The van der Waals surface area contributed by atoms with Gasteiger partial charge in [0.2, 0.25) is 0 Å². The first kappa shape index (κ1) is 11.4. The van der Waals surface area contributed by atoms with Crippen LogP contribution in [0, 0.1) is 23.3 Å². The van der Waals surface area contributed by atoms with Crippen molar-refractivity contribution in [3.63, 3.8) is 0 Å². The highest BCUT2D eigenvalue weighted by Gasteiger charge is 2.09. The maximum Gasteiger partial charge on any atom is 0.160 e. The van der Waals surface area contributed by atoms with Crippen molar-refractivity contribution in [2.75, 3.05) is 5.32 Å². The maximum atomic E-state index is 13.2. The van der Waals surface area contributed by atoms with E-state index in [2.05, 4.69) is 5.32 Å². The van der Waals surface area contributed by atoms with Crippen LogP contribution in [-0.2, 0) is 0 Å². The molecule has 1 nitrogen and oxygen atoms in total. The van der Waals surface area contributed by atoms with E-state index in [1.165, 1.54) is 12.1 Å². The van der Waals surface area contributed by atoms with Gasteiger partial charge in [0.05, 0.1) is 0 Å². The Morgan fingerprint density at radius 1 is 0.706 bits per heavy atom. The van der Waals surface area contributed by atoms with E-state index < -0.39 is 29.0 Å². The second-order valence-corrected chi connectivity index (χ2v) is 3.35. The molecule has 1 N–H and O–H groups in total. The van der Waals surface area contributed by atoms with Gasteiger partial charge in [0, 0.05) is 11.8 Å². The van der Waals surface area contributed by atoms with E-state index in [9.17, 15) is 17.6 Å². The Balaban J connectivity index is 2.35. The fourth-order valence-corrected chi connectivity index (χ4v) is 1.34. The Morgan fingerprint density at radius 2 is 1.35 bits per heavy atom. The molecule has 17 heavy (non-hydrogen) atoms. The molecule has 5 heteroatoms. The third kappa shape index (κ3) is 2.38. The molecule has 0 aliphatic rings. The van der Waals surface area contributed by atoms with Crippen molar-refractivity contribution in [1.82, 2.24) is 0 Å². The first-order valence-electron chi connectivity index (χ1n) is 4.74. The largest absolute Gasteiger partial charge is 0.351 e. The number of hydrogen-bond donors (Lipinski definition) is 1. The zero-order chi connectivity index (χ0) is 12.4. The number of nitrogens with one attached hydrogen (secondary N) is 1. The molecule has 2 aromatic rings. The second-order valence-electron chi connectivity index (χ2n) is 3.35. The van der Waals surface area contributed by atoms with Crippen molar-refractivity contribution >= 4 is 11.4 Å². The normalized spacial score (nSPS) is 10.4. The van der Waals surface area contributed by atoms with Crippen molar-refractivity contribution in [2.24, 2.45) is 0 Å². The third-order valence-corrected chi connectivity index (χ3v) is 2.15. The molecular formula is C12H7F4N. The number of para-hydroxylation sites is 1. The molecule has 0 fully saturated rings. The van der Waals surface area contributed by atoms with Gasteiger partial charge in [-0.15, -0.1) is 0 Å². The SMILES string of the molecule is Fc1ccc(Nc2c(F)cccc2F)cc1F. The average Bonchev–Trinajstić information content (AvgIpc) is 2.28. The highest BCUT2D eigenvalue weighted by Crippen LogP contribution is 2.23. The van der Waals surface area contributed by atoms with Gasteiger partial charge in [-0.2, -0.15) is 0 Å². The molecule has 0 aromatic heterocycles. The van der Waals surface area contributed by atoms with E-state index in [0.717, 1.165) is 24.3 Å². The van der Waals surface area contributed by atoms with Gasteiger partial charge in [0.15, 0.2) is 11.6 Å². The molecule has 0 saturated carbocycles. The second kappa shape index (κ2) is 4.45. The Morgan fingerprint density at radius 3 is 1.94 bits per heavy atom. The minimum Gasteiger partial charge on any atom is -0.351 e. The number of halogens is 4. The van der Waals surface area contributed by atoms with Gasteiger partial charge >= 0.3 is 0 Å². The molecule has 0 radical (unpaired) electrons. The van der Waals surface area contributed by atoms with Crippen LogP contribution >= 0.6 is 0 Å². The van der Waals surface area contributed by atoms with Gasteiger partial charge in [-0.05, 0) is 24.3 Å². The van der Waals surface area contributed by atoms with Gasteiger partial charge < -0.3 is 5.32 Å². The predicted octanol–water partition coefficient (Wildman–Crippen LogP) is 3.99. The Bertz CT molecular complexity index is 534. The zero-order valence-electron chi connectivity index (χ0n) is 8.48. The van der Waals surface area contributed by atoms with Crippen LogP contribution in [0.5, 0.6) is 0 Å². The summed E-state index contributed by atoms with van der Waals surface area (Å²) < 4.78 is 52.0. The number of benzene rings is 2. The summed E-state index contributed by atoms with van der Waals surface area (Å²) in [4.78, 5) is 0. The van der Waals surface area contributed by atoms with Crippen molar-refractivity contribution in [3.8, 4) is 0 Å². The smallest absolute Gasteiger partial charge is 0.160 e. The third-order valence-electron chi connectivity index (χ3n) is 2.15. The van der Waals surface area contributed by atoms with Crippen LogP contribution in [0.2, 0.25) is 0 Å². The summed E-state index contributed by atoms with van der Waals surface area (Å²) >= 11 is 0. The molecule has 2 rings (SSSR count). The zero-order valence-corrected chi connectivity index (χ0v) is 8.48. The van der Waals surface area contributed by atoms with E-state index in [0.29, 0.717) is 0 Å². The Kier molecular flexibility index (Phi) is 2.99. The first-order chi connectivity index (χ1) is 8.08. The van der Waals surface area contributed by atoms with E-state index in [1.807, 2.05) is 0 Å². The summed E-state index contributed by atoms with van der Waals surface area (Å²) in [7, 11) is 0. The van der Waals surface area contributed by atoms with E-state index in [1.54, 1.807) is 0 Å². The van der Waals surface area contributed by atoms with Crippen molar-refractivity contribution in [1.29, 1.82) is 0 Å². The molecule has 0 aliphatic heterocycles. The number of hydrogen-bond acceptors (Lipinski definition) is 1. The van der Waals surface area contributed by atoms with E-state index in [4.69, 9.17) is 0 Å². The summed E-state index contributed by atoms with van der Waals surface area (Å²) in [5.41, 5.74) is -0.341. The summed E-state index contributed by atoms with van der Waals surface area (Å²) in [6, 6.07) is 6.21. The van der Waals surface area contributed by atoms with Crippen LogP contribution in [0.4, 0.5) is 28.9 Å². The number of anilines is 2. The van der Waals surface area contributed by atoms with Crippen LogP contribution in [0.3, 0.4) is 0 Å². The lowest BCUT2D eigenvalue weighted by Gasteiger charge is -2.08. The number of rotatable bonds is 2. The van der Waals surface area contributed by atoms with Crippen LogP contribution in [0.1, 0.15) is 0 Å². The minimum atomic E-state index is -1.09. The van der Waals surface area contributed by atoms with Gasteiger partial charge in [-0.25, -0.2) is 17.6 Å². The molecule has 0 spiro atoms. The highest BCUT2D eigenvalue weighted by atomic mass is 19.2. The van der Waals surface area contributed by atoms with Crippen molar-refractivity contribution in [2.45, 2.75) is 0 Å². The molecule has 0 saturated heterocycles. The molecule has 0 atom stereocenters. The van der Waals surface area contributed by atoms with E-state index >= 15 is 0 Å². The summed E-state index contributed by atoms with van der Waals surface area (Å²) in [6.07, 6.45) is 0. The Labute approximate surface area is 94.7 Å². The lowest BCUT2D eigenvalue weighted by atomic mass is 10.2. The van der Waals surface area contributed by atoms with Crippen LogP contribution < -0.4 is 5.32 Å². The predicted molar refractivity (Wildman–Crippen MR) is 56.0 cm³/mol. The molecule has 0 aliphatic carbocycles. The first-order valence-corrected chi connectivity index (χ1v) is 4.74. The van der Waals surface area contributed by atoms with Gasteiger partial charge in [0.1, 0.15) is 17.3 Å². The molecule has 0 amide bonds. The summed E-state index contributed by atoms with van der Waals surface area (Å²) in [6.45, 7) is 0. The molecule has 2 aromatic carbocycles. The fourth-order valence-electron chi connectivity index (χ4n) is 1.34. The lowest BCUT2D eigenvalue weighted by Crippen LogP contribution is -1.98. The van der Waals surface area contributed by atoms with Crippen LogP contribution in [0.25, 0.3) is 0 Å². The quantitative estimate of drug-likeness (QED) is 0.784. The monoisotopic (exact) mass is 241 g/mol. The highest BCUT2D eigenvalue weighted by molar-refractivity contribution is 5.60. The van der Waals surface area contributed by atoms with Crippen molar-refractivity contribution < 1.29 is 17.6 Å². The average molecular weight is 241 g/mol. The summed E-state index contributed by atoms with van der Waals surface area (Å²) in [5, 5.41) is 2.35. The van der Waals surface area contributed by atoms with Gasteiger partial charge in [-0.1, -0.05) is 6.07 Å². The molecule has 88 valence electrons. The van der Waals surface area contributed by atoms with Gasteiger partial charge in [0.25, 0.3) is 0 Å². The molecular weight excluding hydrogens is 234 g/mol. The molecule has 0 heterocycles. The van der Waals surface area contributed by atoms with Crippen LogP contribution in [-0.4, -0.2) is 0 Å². The van der Waals surface area contributed by atoms with Gasteiger partial charge in [-0.3, -0.25) is 0 Å². The molecule has 0 unspecified atom stereocenters. The lowest BCUT2D eigenvalue weighted by molar-refractivity contribution is 0.509. The standard InChI is InChI=1S/C12H7F4N/c13-8-5-4-7(6-11(8)16)17-12-9(14)2-1-3-10(12)15/h1-6,17H. The van der Waals surface area contributed by atoms with E-state index in [-0.39, 0.29) is 5.69 Å². The summed E-state index contributed by atoms with van der Waals surface area (Å²) in [5.74, 6) is -3.74. The minimum absolute atomic E-state index is 0.0629. The Hall–Kier alpha value is -2.04.